The molecule has 0 fully saturated rings. The van der Waals surface area contributed by atoms with Gasteiger partial charge < -0.3 is 18.9 Å². The van der Waals surface area contributed by atoms with E-state index in [-0.39, 0.29) is 32.0 Å². The zero-order chi connectivity index (χ0) is 62.6. The van der Waals surface area contributed by atoms with Gasteiger partial charge in [0.1, 0.15) is 19.8 Å². The molecular formula is C76H127NO8P+. The lowest BCUT2D eigenvalue weighted by Crippen LogP contribution is -2.37. The maximum Gasteiger partial charge on any atom is 0.472 e. The molecule has 0 aliphatic heterocycles. The number of phosphoric acid groups is 1. The Bertz CT molecular complexity index is 2010. The van der Waals surface area contributed by atoms with Crippen molar-refractivity contribution in [3.05, 3.63) is 158 Å². The molecular weight excluding hydrogens is 1090 g/mol. The fraction of sp³-hybridized carbons (Fsp3) is 0.632. The van der Waals surface area contributed by atoms with Crippen LogP contribution in [-0.4, -0.2) is 74.9 Å². The van der Waals surface area contributed by atoms with Gasteiger partial charge >= 0.3 is 19.8 Å². The lowest BCUT2D eigenvalue weighted by Gasteiger charge is -2.24. The summed E-state index contributed by atoms with van der Waals surface area (Å²) in [7, 11) is 1.45. The Kier molecular flexibility index (Phi) is 61.8. The van der Waals surface area contributed by atoms with E-state index in [0.29, 0.717) is 17.4 Å². The van der Waals surface area contributed by atoms with Crippen LogP contribution in [0.25, 0.3) is 0 Å². The number of ether oxygens (including phenoxy) is 2. The predicted molar refractivity (Wildman–Crippen MR) is 371 cm³/mol. The van der Waals surface area contributed by atoms with E-state index in [4.69, 9.17) is 18.5 Å². The third-order valence-corrected chi connectivity index (χ3v) is 15.0. The number of hydrogen-bond acceptors (Lipinski definition) is 7. The number of carbonyl (C=O) groups excluding carboxylic acids is 2. The van der Waals surface area contributed by atoms with Crippen LogP contribution >= 0.6 is 7.82 Å². The average Bonchev–Trinajstić information content (AvgIpc) is 3.56. The molecule has 488 valence electrons. The number of unbranched alkanes of at least 4 members (excludes halogenated alkanes) is 21. The molecule has 0 heterocycles. The van der Waals surface area contributed by atoms with Crippen LogP contribution in [0.4, 0.5) is 0 Å². The molecule has 9 nitrogen and oxygen atoms in total. The number of carbonyl (C=O) groups is 2. The van der Waals surface area contributed by atoms with Crippen molar-refractivity contribution in [2.75, 3.05) is 47.5 Å². The number of esters is 2. The Balaban J connectivity index is 4.13. The SMILES string of the molecule is CC/C=C\C/C=C\C/C=C\C/C=C\C/C=C\C/C=C\C/C=C\CCCCCCCCCCCCCCCC(=O)OC(COC(=O)CCCCCCCCCC/C=C\C/C=C\C/C=C\C/C=C\C/C=C\C/C=C\CC)COP(=O)(O)OCC[N+](C)(C)C. The van der Waals surface area contributed by atoms with Crippen molar-refractivity contribution in [3.63, 3.8) is 0 Å². The maximum atomic E-state index is 12.9. The van der Waals surface area contributed by atoms with E-state index in [1.807, 2.05) is 21.1 Å². The van der Waals surface area contributed by atoms with Crippen LogP contribution in [0.1, 0.15) is 258 Å². The first-order valence-electron chi connectivity index (χ1n) is 34.2. The highest BCUT2D eigenvalue weighted by atomic mass is 31.2. The molecule has 1 N–H and O–H groups in total. The summed E-state index contributed by atoms with van der Waals surface area (Å²) in [6, 6.07) is 0. The van der Waals surface area contributed by atoms with Crippen molar-refractivity contribution in [3.8, 4) is 0 Å². The number of allylic oxidation sites excluding steroid dienone is 26. The van der Waals surface area contributed by atoms with Gasteiger partial charge in [-0.05, 0) is 122 Å². The molecule has 86 heavy (non-hydrogen) atoms. The van der Waals surface area contributed by atoms with Crippen LogP contribution in [0, 0.1) is 0 Å². The quantitative estimate of drug-likeness (QED) is 0.0211. The Hall–Kier alpha value is -4.37. The van der Waals surface area contributed by atoms with Crippen molar-refractivity contribution >= 4 is 19.8 Å². The van der Waals surface area contributed by atoms with E-state index in [1.54, 1.807) is 0 Å². The molecule has 0 rings (SSSR count). The summed E-state index contributed by atoms with van der Waals surface area (Å²) in [6.45, 7) is 4.19. The molecule has 0 aliphatic rings. The monoisotopic (exact) mass is 1210 g/mol. The van der Waals surface area contributed by atoms with Crippen molar-refractivity contribution in [1.29, 1.82) is 0 Å². The second-order valence-electron chi connectivity index (χ2n) is 23.4. The number of phosphoric ester groups is 1. The van der Waals surface area contributed by atoms with Crippen molar-refractivity contribution in [2.45, 2.75) is 264 Å². The Morgan fingerprint density at radius 2 is 0.628 bits per heavy atom. The molecule has 0 aromatic heterocycles. The van der Waals surface area contributed by atoms with Crippen LogP contribution in [0.5, 0.6) is 0 Å². The normalized spacial score (nSPS) is 14.2. The summed E-state index contributed by atoms with van der Waals surface area (Å²) in [5, 5.41) is 0. The molecule has 2 unspecified atom stereocenters. The Labute approximate surface area is 528 Å². The largest absolute Gasteiger partial charge is 0.472 e. The molecule has 0 bridgehead atoms. The fourth-order valence-electron chi connectivity index (χ4n) is 8.88. The molecule has 0 aliphatic carbocycles. The smallest absolute Gasteiger partial charge is 0.462 e. The summed E-state index contributed by atoms with van der Waals surface area (Å²) in [5.41, 5.74) is 0. The van der Waals surface area contributed by atoms with Crippen LogP contribution in [0.15, 0.2) is 158 Å². The predicted octanol–water partition coefficient (Wildman–Crippen LogP) is 22.4. The first-order valence-corrected chi connectivity index (χ1v) is 35.7. The highest BCUT2D eigenvalue weighted by Gasteiger charge is 2.27. The van der Waals surface area contributed by atoms with Gasteiger partial charge in [0.05, 0.1) is 27.7 Å². The first-order chi connectivity index (χ1) is 42.0. The van der Waals surface area contributed by atoms with Gasteiger partial charge in [0.25, 0.3) is 0 Å². The van der Waals surface area contributed by atoms with Crippen LogP contribution in [-0.2, 0) is 32.7 Å². The lowest BCUT2D eigenvalue weighted by atomic mass is 10.0. The molecule has 10 heteroatoms. The minimum atomic E-state index is -4.40. The Morgan fingerprint density at radius 3 is 0.930 bits per heavy atom. The molecule has 0 saturated carbocycles. The van der Waals surface area contributed by atoms with Gasteiger partial charge in [0.15, 0.2) is 6.10 Å². The van der Waals surface area contributed by atoms with Gasteiger partial charge in [0, 0.05) is 12.8 Å². The standard InChI is InChI=1S/C76H126NO8P/c1-6-8-10-12-14-16-18-20-22-24-26-28-30-32-34-35-36-37-38-39-40-41-43-45-47-49-51-53-55-57-59-61-63-65-67-69-76(79)85-74(73-84-86(80,81)83-71-70-77(3,4)5)72-82-75(78)68-66-64-62-60-58-56-54-52-50-48-46-44-42-33-31-29-27-25-23-21-19-17-15-13-11-9-7-2/h8-11,14-17,20-23,26-29,32-34,36-37,39-40,42,46,48,74H,6-7,12-13,18-19,24-25,30-31,35,38,41,43-45,47,49-73H2,1-5H3/p+1/b10-8-,11-9-,16-14-,17-15-,22-20-,23-21-,28-26-,29-27-,34-32-,37-36-,40-39-,42-33-,48-46-. The summed E-state index contributed by atoms with van der Waals surface area (Å²) in [5.74, 6) is -0.815. The minimum absolute atomic E-state index is 0.0224. The number of rotatable bonds is 61. The molecule has 0 spiro atoms. The van der Waals surface area contributed by atoms with Crippen LogP contribution in [0.3, 0.4) is 0 Å². The number of hydrogen-bond donors (Lipinski definition) is 1. The Morgan fingerprint density at radius 1 is 0.360 bits per heavy atom. The topological polar surface area (TPSA) is 108 Å². The van der Waals surface area contributed by atoms with E-state index in [1.165, 1.54) is 89.9 Å². The first kappa shape index (κ1) is 81.6. The fourth-order valence-corrected chi connectivity index (χ4v) is 9.62. The lowest BCUT2D eigenvalue weighted by molar-refractivity contribution is -0.870. The van der Waals surface area contributed by atoms with Crippen molar-refractivity contribution in [2.24, 2.45) is 0 Å². The van der Waals surface area contributed by atoms with E-state index < -0.39 is 26.5 Å². The highest BCUT2D eigenvalue weighted by Crippen LogP contribution is 2.43. The number of nitrogens with zero attached hydrogens (tertiary/aromatic N) is 1. The number of quaternary nitrogens is 1. The summed E-state index contributed by atoms with van der Waals surface area (Å²) < 4.78 is 34.7. The van der Waals surface area contributed by atoms with Crippen molar-refractivity contribution in [1.82, 2.24) is 0 Å². The minimum Gasteiger partial charge on any atom is -0.462 e. The molecule has 0 amide bonds. The second-order valence-corrected chi connectivity index (χ2v) is 24.9. The van der Waals surface area contributed by atoms with Gasteiger partial charge in [-0.3, -0.25) is 18.6 Å². The zero-order valence-electron chi connectivity index (χ0n) is 55.5. The highest BCUT2D eigenvalue weighted by molar-refractivity contribution is 7.47. The van der Waals surface area contributed by atoms with E-state index in [0.717, 1.165) is 135 Å². The molecule has 0 aromatic carbocycles. The van der Waals surface area contributed by atoms with E-state index >= 15 is 0 Å². The summed E-state index contributed by atoms with van der Waals surface area (Å²) >= 11 is 0. The molecule has 0 aromatic rings. The number of likely N-dealkylation sites (N-methyl/N-ethyl adjacent to an activating group) is 1. The van der Waals surface area contributed by atoms with Crippen LogP contribution < -0.4 is 0 Å². The van der Waals surface area contributed by atoms with E-state index in [2.05, 4.69) is 172 Å². The summed E-state index contributed by atoms with van der Waals surface area (Å²) in [6.07, 6.45) is 97.6. The second kappa shape index (κ2) is 65.1. The third kappa shape index (κ3) is 68.7. The van der Waals surface area contributed by atoms with Crippen LogP contribution in [0.2, 0.25) is 0 Å². The van der Waals surface area contributed by atoms with Gasteiger partial charge in [-0.2, -0.15) is 0 Å². The molecule has 0 radical (unpaired) electrons. The van der Waals surface area contributed by atoms with Gasteiger partial charge in [-0.25, -0.2) is 4.57 Å². The van der Waals surface area contributed by atoms with E-state index in [9.17, 15) is 19.0 Å². The zero-order valence-corrected chi connectivity index (χ0v) is 56.4. The summed E-state index contributed by atoms with van der Waals surface area (Å²) in [4.78, 5) is 35.9. The maximum absolute atomic E-state index is 12.9. The van der Waals surface area contributed by atoms with Crippen molar-refractivity contribution < 1.29 is 42.1 Å². The van der Waals surface area contributed by atoms with Gasteiger partial charge in [-0.15, -0.1) is 0 Å². The average molecular weight is 1210 g/mol. The van der Waals surface area contributed by atoms with Gasteiger partial charge in [-0.1, -0.05) is 281 Å². The third-order valence-electron chi connectivity index (χ3n) is 14.1. The molecule has 2 atom stereocenters. The molecule has 0 saturated heterocycles. The van der Waals surface area contributed by atoms with Gasteiger partial charge in [0.2, 0.25) is 0 Å².